The molecule has 0 radical (unpaired) electrons. The van der Waals surface area contributed by atoms with Crippen molar-refractivity contribution >= 4 is 54.8 Å². The number of nitrogens with two attached hydrogens (primary N) is 1. The van der Waals surface area contributed by atoms with Crippen molar-refractivity contribution in [3.63, 3.8) is 0 Å². The molecule has 1 aromatic carbocycles. The number of hydrogen-bond acceptors (Lipinski definition) is 11. The van der Waals surface area contributed by atoms with E-state index in [4.69, 9.17) is 17.3 Å². The van der Waals surface area contributed by atoms with Crippen LogP contribution in [0.1, 0.15) is 0 Å². The molecule has 0 bridgehead atoms. The third kappa shape index (κ3) is 7.16. The molecule has 15 heteroatoms. The summed E-state index contributed by atoms with van der Waals surface area (Å²) in [6.07, 6.45) is 0. The summed E-state index contributed by atoms with van der Waals surface area (Å²) in [5, 5.41) is 6.08. The monoisotopic (exact) mass is 456 g/mol. The molecule has 1 heterocycles. The summed E-state index contributed by atoms with van der Waals surface area (Å²) < 4.78 is 55.9. The first-order valence-corrected chi connectivity index (χ1v) is 10.6. The van der Waals surface area contributed by atoms with E-state index in [9.17, 15) is 21.4 Å². The van der Waals surface area contributed by atoms with Crippen molar-refractivity contribution in [2.24, 2.45) is 0 Å². The van der Waals surface area contributed by atoms with Crippen LogP contribution < -0.4 is 45.9 Å². The second-order valence-electron chi connectivity index (χ2n) is 5.04. The molecule has 0 spiro atoms. The van der Waals surface area contributed by atoms with Crippen LogP contribution in [0.3, 0.4) is 0 Å². The Balaban J connectivity index is 0.00000392. The van der Waals surface area contributed by atoms with Crippen molar-refractivity contribution in [1.82, 2.24) is 15.0 Å². The van der Waals surface area contributed by atoms with Gasteiger partial charge in [0.2, 0.25) is 17.2 Å². The average molecular weight is 457 g/mol. The van der Waals surface area contributed by atoms with Crippen LogP contribution in [-0.2, 0) is 20.0 Å². The Bertz CT molecular complexity index is 1080. The topological polar surface area (TPSA) is 180 Å². The maximum atomic E-state index is 11.4. The number of benzene rings is 1. The number of aromatic nitrogens is 3. The Labute approximate surface area is 188 Å². The van der Waals surface area contributed by atoms with Gasteiger partial charge in [-0.25, -0.2) is 16.8 Å². The molecule has 0 aliphatic rings. The van der Waals surface area contributed by atoms with Crippen molar-refractivity contribution in [2.45, 2.75) is 4.90 Å². The standard InChI is InChI=1S/C13H15ClN6O5S2.Na/c1-2-26(21,22)6-5-16-12-18-11(14)19-13(20-12)17-8-3-4-10(9(15)7-8)27(23,24)25;/h2-4,7H,1,5-6,15H2,(H,23,24,25)(H2,16,17,18,19,20);/q;+1/p-1. The zero-order valence-electron chi connectivity index (χ0n) is 14.6. The zero-order chi connectivity index (χ0) is 20.2. The number of hydrogen-bond donors (Lipinski definition) is 3. The summed E-state index contributed by atoms with van der Waals surface area (Å²) in [6, 6.07) is 3.55. The van der Waals surface area contributed by atoms with Crippen LogP contribution in [0.25, 0.3) is 0 Å². The predicted octanol–water partition coefficient (Wildman–Crippen LogP) is -2.27. The SMILES string of the molecule is C=CS(=O)(=O)CCNc1nc(Cl)nc(Nc2ccc(S(=O)(=O)[O-])c(N)c2)n1.[Na+]. The second-order valence-corrected chi connectivity index (χ2v) is 8.80. The van der Waals surface area contributed by atoms with Gasteiger partial charge >= 0.3 is 29.6 Å². The van der Waals surface area contributed by atoms with Gasteiger partial charge in [0.25, 0.3) is 0 Å². The minimum absolute atomic E-state index is 0. The molecule has 0 amide bonds. The molecule has 2 rings (SSSR count). The zero-order valence-corrected chi connectivity index (χ0v) is 19.0. The number of sulfone groups is 1. The maximum Gasteiger partial charge on any atom is 1.00 e. The van der Waals surface area contributed by atoms with E-state index in [1.165, 1.54) is 12.1 Å². The Morgan fingerprint density at radius 1 is 1.18 bits per heavy atom. The second kappa shape index (κ2) is 9.82. The Hall–Kier alpha value is -1.48. The van der Waals surface area contributed by atoms with E-state index in [1.807, 2.05) is 0 Å². The summed E-state index contributed by atoms with van der Waals surface area (Å²) >= 11 is 5.81. The number of anilines is 4. The van der Waals surface area contributed by atoms with Gasteiger partial charge in [0.1, 0.15) is 10.1 Å². The minimum atomic E-state index is -4.69. The van der Waals surface area contributed by atoms with Crippen molar-refractivity contribution in [3.8, 4) is 0 Å². The van der Waals surface area contributed by atoms with Gasteiger partial charge in [-0.05, 0) is 29.8 Å². The molecular weight excluding hydrogens is 443 g/mol. The first-order valence-electron chi connectivity index (χ1n) is 7.13. The van der Waals surface area contributed by atoms with Gasteiger partial charge in [-0.1, -0.05) is 6.58 Å². The van der Waals surface area contributed by atoms with Crippen molar-refractivity contribution in [2.75, 3.05) is 28.7 Å². The van der Waals surface area contributed by atoms with E-state index >= 15 is 0 Å². The van der Waals surface area contributed by atoms with Crippen molar-refractivity contribution in [3.05, 3.63) is 35.5 Å². The average Bonchev–Trinajstić information content (AvgIpc) is 2.53. The molecule has 0 saturated carbocycles. The first kappa shape index (κ1) is 24.6. The van der Waals surface area contributed by atoms with Gasteiger partial charge < -0.3 is 20.9 Å². The quantitative estimate of drug-likeness (QED) is 0.221. The normalized spacial score (nSPS) is 11.4. The van der Waals surface area contributed by atoms with E-state index in [-0.39, 0.29) is 64.7 Å². The Kier molecular flexibility index (Phi) is 8.62. The first-order chi connectivity index (χ1) is 12.5. The van der Waals surface area contributed by atoms with Gasteiger partial charge in [-0.3, -0.25) is 0 Å². The van der Waals surface area contributed by atoms with Crippen LogP contribution in [0, 0.1) is 0 Å². The summed E-state index contributed by atoms with van der Waals surface area (Å²) in [7, 11) is -8.08. The van der Waals surface area contributed by atoms with Crippen LogP contribution in [0.2, 0.25) is 5.28 Å². The summed E-state index contributed by atoms with van der Waals surface area (Å²) in [5.41, 5.74) is 5.61. The molecule has 0 aliphatic carbocycles. The summed E-state index contributed by atoms with van der Waals surface area (Å²) in [4.78, 5) is 11.1. The number of rotatable bonds is 8. The van der Waals surface area contributed by atoms with Gasteiger partial charge in [0, 0.05) is 17.6 Å². The molecule has 0 fully saturated rings. The molecule has 4 N–H and O–H groups in total. The van der Waals surface area contributed by atoms with E-state index in [2.05, 4.69) is 32.2 Å². The van der Waals surface area contributed by atoms with Crippen molar-refractivity contribution in [1.29, 1.82) is 0 Å². The summed E-state index contributed by atoms with van der Waals surface area (Å²) in [6.45, 7) is 3.22. The molecule has 0 atom stereocenters. The molecule has 146 valence electrons. The third-order valence-electron chi connectivity index (χ3n) is 3.07. The summed E-state index contributed by atoms with van der Waals surface area (Å²) in [5.74, 6) is -0.214. The molecule has 1 aromatic heterocycles. The van der Waals surface area contributed by atoms with Gasteiger partial charge in [0.15, 0.2) is 9.84 Å². The fourth-order valence-electron chi connectivity index (χ4n) is 1.86. The van der Waals surface area contributed by atoms with Crippen LogP contribution in [0.15, 0.2) is 35.1 Å². The number of nitrogens with one attached hydrogen (secondary N) is 2. The molecule has 0 aliphatic heterocycles. The Morgan fingerprint density at radius 2 is 1.82 bits per heavy atom. The van der Waals surface area contributed by atoms with Crippen LogP contribution in [0.4, 0.5) is 23.3 Å². The fraction of sp³-hybridized carbons (Fsp3) is 0.154. The van der Waals surface area contributed by atoms with E-state index in [1.54, 1.807) is 0 Å². The number of nitrogen functional groups attached to an aromatic ring is 1. The van der Waals surface area contributed by atoms with Gasteiger partial charge in [-0.15, -0.1) is 0 Å². The molecule has 0 unspecified atom stereocenters. The minimum Gasteiger partial charge on any atom is -0.744 e. The molecule has 2 aromatic rings. The van der Waals surface area contributed by atoms with Gasteiger partial charge in [0.05, 0.1) is 16.3 Å². The maximum absolute atomic E-state index is 11.4. The molecule has 0 saturated heterocycles. The largest absolute Gasteiger partial charge is 1.00 e. The number of halogens is 1. The van der Waals surface area contributed by atoms with Crippen LogP contribution >= 0.6 is 11.6 Å². The van der Waals surface area contributed by atoms with Gasteiger partial charge in [-0.2, -0.15) is 15.0 Å². The number of nitrogens with zero attached hydrogens (tertiary/aromatic N) is 3. The van der Waals surface area contributed by atoms with E-state index in [0.29, 0.717) is 5.69 Å². The molecule has 11 nitrogen and oxygen atoms in total. The van der Waals surface area contributed by atoms with Crippen molar-refractivity contribution < 1.29 is 50.9 Å². The van der Waals surface area contributed by atoms with Crippen LogP contribution in [0.5, 0.6) is 0 Å². The van der Waals surface area contributed by atoms with E-state index < -0.39 is 24.9 Å². The predicted molar refractivity (Wildman–Crippen MR) is 99.4 cm³/mol. The van der Waals surface area contributed by atoms with E-state index in [0.717, 1.165) is 11.5 Å². The smallest absolute Gasteiger partial charge is 0.744 e. The molecular formula is C13H14ClN6NaO5S2. The molecule has 28 heavy (non-hydrogen) atoms. The van der Waals surface area contributed by atoms with Crippen LogP contribution in [-0.4, -0.2) is 48.6 Å². The third-order valence-corrected chi connectivity index (χ3v) is 5.43. The fourth-order valence-corrected chi connectivity index (χ4v) is 3.15. The Morgan fingerprint density at radius 3 is 2.39 bits per heavy atom.